The summed E-state index contributed by atoms with van der Waals surface area (Å²) in [6.07, 6.45) is 0.0501. The fraction of sp³-hybridized carbons (Fsp3) is 0.200. The number of hydrogen-bond acceptors (Lipinski definition) is 3. The maximum atomic E-state index is 13.8. The summed E-state index contributed by atoms with van der Waals surface area (Å²) < 4.78 is 20.1. The summed E-state index contributed by atoms with van der Waals surface area (Å²) in [6, 6.07) is 10.1. The van der Waals surface area contributed by atoms with Crippen molar-refractivity contribution in [2.75, 3.05) is 11.1 Å². The molecule has 5 heteroatoms. The van der Waals surface area contributed by atoms with E-state index in [0.29, 0.717) is 27.3 Å². The normalized spacial score (nSPS) is 10.7. The molecular formula is C15H16BrFN2O. The van der Waals surface area contributed by atoms with Gasteiger partial charge in [-0.25, -0.2) is 4.39 Å². The Morgan fingerprint density at radius 2 is 1.95 bits per heavy atom. The van der Waals surface area contributed by atoms with Gasteiger partial charge in [-0.15, -0.1) is 0 Å². The molecule has 0 radical (unpaired) electrons. The molecule has 3 N–H and O–H groups in total. The van der Waals surface area contributed by atoms with Crippen molar-refractivity contribution >= 4 is 33.0 Å². The zero-order valence-corrected chi connectivity index (χ0v) is 12.9. The van der Waals surface area contributed by atoms with Crippen LogP contribution in [0.2, 0.25) is 0 Å². The third-order valence-corrected chi connectivity index (χ3v) is 3.00. The van der Waals surface area contributed by atoms with E-state index in [1.165, 1.54) is 6.07 Å². The lowest BCUT2D eigenvalue weighted by atomic mass is 10.2. The predicted molar refractivity (Wildman–Crippen MR) is 84.0 cm³/mol. The number of anilines is 3. The average molecular weight is 339 g/mol. The van der Waals surface area contributed by atoms with Gasteiger partial charge in [0.1, 0.15) is 11.6 Å². The average Bonchev–Trinajstić information content (AvgIpc) is 2.31. The van der Waals surface area contributed by atoms with E-state index < -0.39 is 0 Å². The van der Waals surface area contributed by atoms with Gasteiger partial charge >= 0.3 is 0 Å². The molecule has 0 amide bonds. The van der Waals surface area contributed by atoms with Crippen LogP contribution in [-0.2, 0) is 0 Å². The van der Waals surface area contributed by atoms with Crippen molar-refractivity contribution in [3.05, 3.63) is 46.7 Å². The van der Waals surface area contributed by atoms with Gasteiger partial charge in [-0.2, -0.15) is 0 Å². The summed E-state index contributed by atoms with van der Waals surface area (Å²) in [5.74, 6) is 0.313. The SMILES string of the molecule is CC(C)Oc1cc(N)cc(Nc2ccc(Br)cc2F)c1. The fourth-order valence-corrected chi connectivity index (χ4v) is 2.11. The monoisotopic (exact) mass is 338 g/mol. The van der Waals surface area contributed by atoms with Gasteiger partial charge in [0.2, 0.25) is 0 Å². The molecule has 2 aromatic carbocycles. The Balaban J connectivity index is 2.26. The molecule has 0 aliphatic rings. The van der Waals surface area contributed by atoms with Gasteiger partial charge in [0, 0.05) is 28.0 Å². The molecule has 0 aliphatic heterocycles. The van der Waals surface area contributed by atoms with E-state index in [1.54, 1.807) is 30.3 Å². The Morgan fingerprint density at radius 3 is 2.60 bits per heavy atom. The van der Waals surface area contributed by atoms with Crippen molar-refractivity contribution in [1.82, 2.24) is 0 Å². The maximum Gasteiger partial charge on any atom is 0.147 e. The Labute approximate surface area is 126 Å². The molecule has 2 rings (SSSR count). The molecule has 0 fully saturated rings. The van der Waals surface area contributed by atoms with Gasteiger partial charge in [-0.05, 0) is 38.1 Å². The lowest BCUT2D eigenvalue weighted by Gasteiger charge is -2.13. The third kappa shape index (κ3) is 3.87. The highest BCUT2D eigenvalue weighted by Gasteiger charge is 2.06. The number of benzene rings is 2. The first kappa shape index (κ1) is 14.7. The maximum absolute atomic E-state index is 13.8. The first-order valence-electron chi connectivity index (χ1n) is 6.23. The molecule has 0 spiro atoms. The van der Waals surface area contributed by atoms with Crippen LogP contribution in [0.15, 0.2) is 40.9 Å². The summed E-state index contributed by atoms with van der Waals surface area (Å²) in [6.45, 7) is 3.87. The second kappa shape index (κ2) is 6.13. The van der Waals surface area contributed by atoms with Crippen molar-refractivity contribution in [2.45, 2.75) is 20.0 Å². The van der Waals surface area contributed by atoms with Gasteiger partial charge < -0.3 is 15.8 Å². The number of ether oxygens (including phenoxy) is 1. The Bertz CT molecular complexity index is 617. The summed E-state index contributed by atoms with van der Waals surface area (Å²) in [4.78, 5) is 0. The van der Waals surface area contributed by atoms with Crippen LogP contribution >= 0.6 is 15.9 Å². The summed E-state index contributed by atoms with van der Waals surface area (Å²) in [7, 11) is 0. The third-order valence-electron chi connectivity index (χ3n) is 2.51. The van der Waals surface area contributed by atoms with Crippen LogP contribution in [0.1, 0.15) is 13.8 Å². The van der Waals surface area contributed by atoms with Gasteiger partial charge in [-0.1, -0.05) is 15.9 Å². The van der Waals surface area contributed by atoms with E-state index in [2.05, 4.69) is 21.2 Å². The second-order valence-corrected chi connectivity index (χ2v) is 5.62. The predicted octanol–water partition coefficient (Wildman–Crippen LogP) is 4.70. The topological polar surface area (TPSA) is 47.3 Å². The van der Waals surface area contributed by atoms with Crippen LogP contribution < -0.4 is 15.8 Å². The molecule has 3 nitrogen and oxygen atoms in total. The van der Waals surface area contributed by atoms with Crippen LogP contribution in [-0.4, -0.2) is 6.10 Å². The molecule has 0 aromatic heterocycles. The Hall–Kier alpha value is -1.75. The van der Waals surface area contributed by atoms with Crippen LogP contribution in [0.4, 0.5) is 21.5 Å². The zero-order chi connectivity index (χ0) is 14.7. The molecule has 0 heterocycles. The Kier molecular flexibility index (Phi) is 4.49. The second-order valence-electron chi connectivity index (χ2n) is 4.71. The lowest BCUT2D eigenvalue weighted by molar-refractivity contribution is 0.242. The summed E-state index contributed by atoms with van der Waals surface area (Å²) in [5, 5.41) is 3.00. The molecule has 106 valence electrons. The van der Waals surface area contributed by atoms with Crippen molar-refractivity contribution in [3.63, 3.8) is 0 Å². The first-order valence-corrected chi connectivity index (χ1v) is 7.02. The van der Waals surface area contributed by atoms with Crippen LogP contribution in [0.25, 0.3) is 0 Å². The minimum Gasteiger partial charge on any atom is -0.491 e. The van der Waals surface area contributed by atoms with E-state index in [-0.39, 0.29) is 11.9 Å². The van der Waals surface area contributed by atoms with E-state index in [4.69, 9.17) is 10.5 Å². The highest BCUT2D eigenvalue weighted by Crippen LogP contribution is 2.28. The number of halogens is 2. The molecule has 0 saturated carbocycles. The van der Waals surface area contributed by atoms with Crippen LogP contribution in [0.5, 0.6) is 5.75 Å². The summed E-state index contributed by atoms with van der Waals surface area (Å²) in [5.41, 5.74) is 7.45. The van der Waals surface area contributed by atoms with Gasteiger partial charge in [-0.3, -0.25) is 0 Å². The van der Waals surface area contributed by atoms with Crippen molar-refractivity contribution in [3.8, 4) is 5.75 Å². The highest BCUT2D eigenvalue weighted by molar-refractivity contribution is 9.10. The molecule has 0 atom stereocenters. The van der Waals surface area contributed by atoms with Crippen LogP contribution in [0.3, 0.4) is 0 Å². The lowest BCUT2D eigenvalue weighted by Crippen LogP contribution is -2.06. The number of nitrogens with two attached hydrogens (primary N) is 1. The standard InChI is InChI=1S/C15H16BrFN2O/c1-9(2)20-13-7-11(18)6-12(8-13)19-15-4-3-10(16)5-14(15)17/h3-9,19H,18H2,1-2H3. The summed E-state index contributed by atoms with van der Waals surface area (Å²) >= 11 is 3.22. The molecule has 2 aromatic rings. The number of hydrogen-bond donors (Lipinski definition) is 2. The molecular weight excluding hydrogens is 323 g/mol. The van der Waals surface area contributed by atoms with E-state index in [0.717, 1.165) is 0 Å². The quantitative estimate of drug-likeness (QED) is 0.794. The van der Waals surface area contributed by atoms with Gasteiger partial charge in [0.25, 0.3) is 0 Å². The van der Waals surface area contributed by atoms with Gasteiger partial charge in [0.05, 0.1) is 11.8 Å². The number of rotatable bonds is 4. The molecule has 0 bridgehead atoms. The fourth-order valence-electron chi connectivity index (χ4n) is 1.78. The molecule has 0 aliphatic carbocycles. The number of nitrogens with one attached hydrogen (secondary N) is 1. The molecule has 0 saturated heterocycles. The van der Waals surface area contributed by atoms with E-state index in [9.17, 15) is 4.39 Å². The van der Waals surface area contributed by atoms with Crippen molar-refractivity contribution < 1.29 is 9.13 Å². The van der Waals surface area contributed by atoms with Crippen molar-refractivity contribution in [2.24, 2.45) is 0 Å². The van der Waals surface area contributed by atoms with E-state index >= 15 is 0 Å². The van der Waals surface area contributed by atoms with Crippen molar-refractivity contribution in [1.29, 1.82) is 0 Å². The number of nitrogen functional groups attached to an aromatic ring is 1. The Morgan fingerprint density at radius 1 is 1.20 bits per heavy atom. The minimum atomic E-state index is -0.340. The van der Waals surface area contributed by atoms with Crippen LogP contribution in [0, 0.1) is 5.82 Å². The largest absolute Gasteiger partial charge is 0.491 e. The van der Waals surface area contributed by atoms with E-state index in [1.807, 2.05) is 13.8 Å². The molecule has 0 unspecified atom stereocenters. The smallest absolute Gasteiger partial charge is 0.147 e. The first-order chi connectivity index (χ1) is 9.44. The zero-order valence-electron chi connectivity index (χ0n) is 11.3. The van der Waals surface area contributed by atoms with Gasteiger partial charge in [0.15, 0.2) is 0 Å². The minimum absolute atomic E-state index is 0.0501. The highest BCUT2D eigenvalue weighted by atomic mass is 79.9. The molecule has 20 heavy (non-hydrogen) atoms.